The van der Waals surface area contributed by atoms with E-state index in [0.717, 1.165) is 47.1 Å². The molecule has 0 spiro atoms. The van der Waals surface area contributed by atoms with Crippen LogP contribution in [0.3, 0.4) is 0 Å². The molecular weight excluding hydrogens is 592 g/mol. The third-order valence-electron chi connectivity index (χ3n) is 6.15. The van der Waals surface area contributed by atoms with Gasteiger partial charge in [0.15, 0.2) is 37.0 Å². The van der Waals surface area contributed by atoms with Crippen molar-refractivity contribution in [3.63, 3.8) is 0 Å². The van der Waals surface area contributed by atoms with Crippen LogP contribution in [0.1, 0.15) is 54.9 Å². The van der Waals surface area contributed by atoms with Gasteiger partial charge in [-0.1, -0.05) is 5.57 Å². The van der Waals surface area contributed by atoms with Gasteiger partial charge in [-0.15, -0.1) is 6.58 Å². The second kappa shape index (κ2) is 16.5. The van der Waals surface area contributed by atoms with E-state index < -0.39 is 104 Å². The Labute approximate surface area is 254 Å². The first-order valence-electron chi connectivity index (χ1n) is 13.7. The Morgan fingerprint density at radius 2 is 1.27 bits per heavy atom. The number of carbonyl (C=O) groups is 6. The molecule has 0 aliphatic carbocycles. The standard InChI is InChI=1S/C28H40O16/c1-14(2)9-10-35-26-24(41-18(6)32)23(40-17(5)31)22(39-16(4)30)21(43-26)11-36-27-25(42-19(7)33)28(13-38-27,44-20(8)34)12-37-15(3)29/h21-27H,1,9-13H2,2-8H3/t21-,22-,23+,24-,25+,26-,27-,28-/m1/s1. The molecule has 16 heteroatoms. The molecule has 0 aromatic rings. The third kappa shape index (κ3) is 10.8. The van der Waals surface area contributed by atoms with Gasteiger partial charge in [-0.05, 0) is 13.3 Å². The van der Waals surface area contributed by atoms with Crippen molar-refractivity contribution in [1.29, 1.82) is 0 Å². The molecule has 2 heterocycles. The van der Waals surface area contributed by atoms with Gasteiger partial charge in [0, 0.05) is 41.5 Å². The lowest BCUT2D eigenvalue weighted by Gasteiger charge is -2.44. The van der Waals surface area contributed by atoms with Gasteiger partial charge < -0.3 is 47.4 Å². The fourth-order valence-electron chi connectivity index (χ4n) is 4.53. The topological polar surface area (TPSA) is 195 Å². The highest BCUT2D eigenvalue weighted by atomic mass is 16.8. The second-order valence-electron chi connectivity index (χ2n) is 10.3. The molecule has 44 heavy (non-hydrogen) atoms. The monoisotopic (exact) mass is 632 g/mol. The van der Waals surface area contributed by atoms with Gasteiger partial charge in [-0.2, -0.15) is 0 Å². The first-order chi connectivity index (χ1) is 20.5. The molecule has 248 valence electrons. The van der Waals surface area contributed by atoms with Gasteiger partial charge in [0.05, 0.1) is 19.8 Å². The van der Waals surface area contributed by atoms with Crippen molar-refractivity contribution < 1.29 is 76.1 Å². The Morgan fingerprint density at radius 3 is 1.80 bits per heavy atom. The van der Waals surface area contributed by atoms with Crippen LogP contribution >= 0.6 is 0 Å². The minimum absolute atomic E-state index is 0.0810. The predicted molar refractivity (Wildman–Crippen MR) is 143 cm³/mol. The van der Waals surface area contributed by atoms with Crippen LogP contribution in [0.15, 0.2) is 12.2 Å². The Balaban J connectivity index is 2.43. The van der Waals surface area contributed by atoms with E-state index in [1.807, 2.05) is 0 Å². The summed E-state index contributed by atoms with van der Waals surface area (Å²) in [5.41, 5.74) is -0.968. The van der Waals surface area contributed by atoms with E-state index in [1.165, 1.54) is 0 Å². The summed E-state index contributed by atoms with van der Waals surface area (Å²) in [7, 11) is 0. The van der Waals surface area contributed by atoms with Crippen LogP contribution in [0.25, 0.3) is 0 Å². The SMILES string of the molecule is C=C(C)CCO[C@@H]1O[C@H](CO[C@@H]2OC[C@@](COC(C)=O)(OC(C)=O)[C@H]2OC(C)=O)[C@@H](OC(C)=O)[C@H](OC(C)=O)[C@H]1OC(C)=O. The van der Waals surface area contributed by atoms with E-state index in [1.54, 1.807) is 6.92 Å². The Kier molecular flexibility index (Phi) is 13.7. The summed E-state index contributed by atoms with van der Waals surface area (Å²) >= 11 is 0. The summed E-state index contributed by atoms with van der Waals surface area (Å²) < 4.78 is 55.6. The molecule has 2 saturated heterocycles. The van der Waals surface area contributed by atoms with Gasteiger partial charge >= 0.3 is 35.8 Å². The van der Waals surface area contributed by atoms with Crippen LogP contribution in [0, 0.1) is 0 Å². The van der Waals surface area contributed by atoms with Crippen molar-refractivity contribution in [2.24, 2.45) is 0 Å². The summed E-state index contributed by atoms with van der Waals surface area (Å²) in [6, 6.07) is 0. The maximum atomic E-state index is 12.1. The van der Waals surface area contributed by atoms with Crippen molar-refractivity contribution in [2.45, 2.75) is 104 Å². The summed E-state index contributed by atoms with van der Waals surface area (Å²) in [4.78, 5) is 71.8. The molecule has 0 bridgehead atoms. The van der Waals surface area contributed by atoms with Gasteiger partial charge in [-0.25, -0.2) is 0 Å². The third-order valence-corrected chi connectivity index (χ3v) is 6.15. The minimum atomic E-state index is -1.76. The lowest BCUT2D eigenvalue weighted by Crippen LogP contribution is -2.63. The van der Waals surface area contributed by atoms with E-state index in [4.69, 9.17) is 47.4 Å². The fourth-order valence-corrected chi connectivity index (χ4v) is 4.53. The molecule has 2 aliphatic rings. The number of ether oxygens (including phenoxy) is 10. The van der Waals surface area contributed by atoms with Gasteiger partial charge in [0.2, 0.25) is 5.60 Å². The molecule has 8 atom stereocenters. The number of rotatable bonds is 14. The number of esters is 6. The highest BCUT2D eigenvalue weighted by Gasteiger charge is 2.58. The summed E-state index contributed by atoms with van der Waals surface area (Å²) in [6.07, 6.45) is -9.08. The molecule has 0 aromatic carbocycles. The summed E-state index contributed by atoms with van der Waals surface area (Å²) in [5.74, 6) is -4.58. The first kappa shape index (κ1) is 36.6. The van der Waals surface area contributed by atoms with Crippen LogP contribution in [0.5, 0.6) is 0 Å². The maximum Gasteiger partial charge on any atom is 0.303 e. The van der Waals surface area contributed by atoms with E-state index in [0.29, 0.717) is 6.42 Å². The molecule has 2 rings (SSSR count). The van der Waals surface area contributed by atoms with Crippen molar-refractivity contribution in [3.8, 4) is 0 Å². The zero-order valence-corrected chi connectivity index (χ0v) is 25.8. The summed E-state index contributed by atoms with van der Waals surface area (Å²) in [6.45, 7) is 11.0. The van der Waals surface area contributed by atoms with Crippen LogP contribution in [0.2, 0.25) is 0 Å². The van der Waals surface area contributed by atoms with E-state index >= 15 is 0 Å². The lowest BCUT2D eigenvalue weighted by molar-refractivity contribution is -0.314. The average Bonchev–Trinajstić information content (AvgIpc) is 3.19. The lowest BCUT2D eigenvalue weighted by atomic mass is 9.97. The Hall–Kier alpha value is -3.60. The molecule has 16 nitrogen and oxygen atoms in total. The molecule has 0 N–H and O–H groups in total. The minimum Gasteiger partial charge on any atom is -0.461 e. The van der Waals surface area contributed by atoms with Crippen molar-refractivity contribution in [2.75, 3.05) is 26.4 Å². The molecular formula is C28H40O16. The Bertz CT molecular complexity index is 1090. The zero-order valence-electron chi connectivity index (χ0n) is 25.8. The van der Waals surface area contributed by atoms with Gasteiger partial charge in [0.1, 0.15) is 12.7 Å². The highest BCUT2D eigenvalue weighted by molar-refractivity contribution is 5.69. The molecule has 0 amide bonds. The largest absolute Gasteiger partial charge is 0.461 e. The molecule has 0 aromatic heterocycles. The van der Waals surface area contributed by atoms with E-state index in [9.17, 15) is 28.8 Å². The quantitative estimate of drug-likeness (QED) is 0.147. The van der Waals surface area contributed by atoms with Crippen molar-refractivity contribution in [3.05, 3.63) is 12.2 Å². The van der Waals surface area contributed by atoms with Crippen LogP contribution in [-0.2, 0) is 76.1 Å². The first-order valence-corrected chi connectivity index (χ1v) is 13.7. The van der Waals surface area contributed by atoms with E-state index in [2.05, 4.69) is 6.58 Å². The highest BCUT2D eigenvalue weighted by Crippen LogP contribution is 2.35. The van der Waals surface area contributed by atoms with Crippen molar-refractivity contribution in [1.82, 2.24) is 0 Å². The number of carbonyl (C=O) groups excluding carboxylic acids is 6. The maximum absolute atomic E-state index is 12.1. The predicted octanol–water partition coefficient (Wildman–Crippen LogP) is 0.659. The zero-order chi connectivity index (χ0) is 33.2. The fraction of sp³-hybridized carbons (Fsp3) is 0.714. The molecule has 2 fully saturated rings. The van der Waals surface area contributed by atoms with Gasteiger partial charge in [-0.3, -0.25) is 28.8 Å². The number of hydrogen-bond acceptors (Lipinski definition) is 16. The molecule has 2 aliphatic heterocycles. The van der Waals surface area contributed by atoms with E-state index in [-0.39, 0.29) is 6.61 Å². The van der Waals surface area contributed by atoms with Crippen LogP contribution in [0.4, 0.5) is 0 Å². The molecule has 0 unspecified atom stereocenters. The van der Waals surface area contributed by atoms with Crippen molar-refractivity contribution >= 4 is 35.8 Å². The smallest absolute Gasteiger partial charge is 0.303 e. The average molecular weight is 633 g/mol. The van der Waals surface area contributed by atoms with Crippen LogP contribution < -0.4 is 0 Å². The molecule has 0 radical (unpaired) electrons. The Morgan fingerprint density at radius 1 is 0.705 bits per heavy atom. The van der Waals surface area contributed by atoms with Gasteiger partial charge in [0.25, 0.3) is 0 Å². The van der Waals surface area contributed by atoms with Crippen LogP contribution in [-0.4, -0.2) is 111 Å². The summed E-state index contributed by atoms with van der Waals surface area (Å²) in [5, 5.41) is 0. The number of hydrogen-bond donors (Lipinski definition) is 0. The second-order valence-corrected chi connectivity index (χ2v) is 10.3. The molecule has 0 saturated carbocycles. The normalized spacial score (nSPS) is 29.6.